The molecular weight excluding hydrogens is 418 g/mol. The molecular formula is C12H14BrCl2F5N2. The molecule has 0 saturated carbocycles. The zero-order valence-electron chi connectivity index (χ0n) is 11.1. The maximum absolute atomic E-state index is 14.0. The van der Waals surface area contributed by atoms with E-state index in [2.05, 4.69) is 21.2 Å². The van der Waals surface area contributed by atoms with Crippen molar-refractivity contribution in [3.8, 4) is 0 Å². The lowest BCUT2D eigenvalue weighted by Gasteiger charge is -2.36. The highest BCUT2D eigenvalue weighted by atomic mass is 79.9. The van der Waals surface area contributed by atoms with Gasteiger partial charge in [0.1, 0.15) is 17.7 Å². The van der Waals surface area contributed by atoms with Crippen molar-refractivity contribution in [2.24, 2.45) is 0 Å². The maximum atomic E-state index is 14.0. The van der Waals surface area contributed by atoms with E-state index in [4.69, 9.17) is 0 Å². The summed E-state index contributed by atoms with van der Waals surface area (Å²) in [5.41, 5.74) is -0.950. The van der Waals surface area contributed by atoms with Gasteiger partial charge in [-0.25, -0.2) is 8.78 Å². The van der Waals surface area contributed by atoms with Crippen molar-refractivity contribution in [3.63, 3.8) is 0 Å². The van der Waals surface area contributed by atoms with Gasteiger partial charge in [-0.3, -0.25) is 4.90 Å². The second-order valence-corrected chi connectivity index (χ2v) is 5.34. The van der Waals surface area contributed by atoms with Gasteiger partial charge in [0, 0.05) is 26.2 Å². The second kappa shape index (κ2) is 8.63. The van der Waals surface area contributed by atoms with Crippen LogP contribution < -0.4 is 5.32 Å². The molecule has 2 nitrogen and oxygen atoms in total. The van der Waals surface area contributed by atoms with E-state index in [0.29, 0.717) is 13.1 Å². The third-order valence-electron chi connectivity index (χ3n) is 3.18. The highest BCUT2D eigenvalue weighted by molar-refractivity contribution is 9.10. The molecule has 0 aliphatic carbocycles. The fourth-order valence-electron chi connectivity index (χ4n) is 2.29. The van der Waals surface area contributed by atoms with E-state index in [-0.39, 0.29) is 42.4 Å². The Morgan fingerprint density at radius 2 is 1.64 bits per heavy atom. The monoisotopic (exact) mass is 430 g/mol. The zero-order valence-corrected chi connectivity index (χ0v) is 14.3. The van der Waals surface area contributed by atoms with Crippen molar-refractivity contribution in [2.45, 2.75) is 12.2 Å². The van der Waals surface area contributed by atoms with Crippen LogP contribution in [0.25, 0.3) is 0 Å². The van der Waals surface area contributed by atoms with Crippen LogP contribution in [0.1, 0.15) is 11.6 Å². The van der Waals surface area contributed by atoms with Gasteiger partial charge in [-0.15, -0.1) is 24.8 Å². The Hall–Kier alpha value is -0.150. The highest BCUT2D eigenvalue weighted by Gasteiger charge is 2.47. The first-order valence-electron chi connectivity index (χ1n) is 5.97. The fraction of sp³-hybridized carbons (Fsp3) is 0.500. The summed E-state index contributed by atoms with van der Waals surface area (Å²) < 4.78 is 67.4. The Kier molecular flexibility index (Phi) is 8.57. The summed E-state index contributed by atoms with van der Waals surface area (Å²) in [7, 11) is 0. The first-order valence-corrected chi connectivity index (χ1v) is 6.76. The highest BCUT2D eigenvalue weighted by Crippen LogP contribution is 2.41. The Balaban J connectivity index is 0.00000220. The predicted molar refractivity (Wildman–Crippen MR) is 81.8 cm³/mol. The Morgan fingerprint density at radius 3 is 2.14 bits per heavy atom. The third-order valence-corrected chi connectivity index (χ3v) is 3.79. The molecule has 1 aromatic rings. The van der Waals surface area contributed by atoms with Crippen molar-refractivity contribution in [3.05, 3.63) is 33.8 Å². The SMILES string of the molecule is Cl.Cl.Fc1ccc(Br)c(F)c1[C@@H](N1CCNCC1)C(F)(F)F. The number of benzene rings is 1. The molecule has 0 spiro atoms. The second-order valence-electron chi connectivity index (χ2n) is 4.49. The van der Waals surface area contributed by atoms with Gasteiger partial charge < -0.3 is 5.32 Å². The van der Waals surface area contributed by atoms with E-state index in [1.54, 1.807) is 0 Å². The van der Waals surface area contributed by atoms with E-state index < -0.39 is 29.4 Å². The number of piperazine rings is 1. The lowest BCUT2D eigenvalue weighted by atomic mass is 10.0. The topological polar surface area (TPSA) is 15.3 Å². The minimum Gasteiger partial charge on any atom is -0.314 e. The largest absolute Gasteiger partial charge is 0.408 e. The molecule has 0 unspecified atom stereocenters. The third kappa shape index (κ3) is 4.67. The summed E-state index contributed by atoms with van der Waals surface area (Å²) in [5.74, 6) is -2.39. The number of alkyl halides is 3. The average molecular weight is 432 g/mol. The van der Waals surface area contributed by atoms with Crippen molar-refractivity contribution >= 4 is 40.7 Å². The molecule has 22 heavy (non-hydrogen) atoms. The molecule has 0 radical (unpaired) electrons. The van der Waals surface area contributed by atoms with Crippen LogP contribution >= 0.6 is 40.7 Å². The van der Waals surface area contributed by atoms with Crippen LogP contribution in [0, 0.1) is 11.6 Å². The summed E-state index contributed by atoms with van der Waals surface area (Å²) in [4.78, 5) is 1.05. The van der Waals surface area contributed by atoms with Gasteiger partial charge in [-0.05, 0) is 28.1 Å². The summed E-state index contributed by atoms with van der Waals surface area (Å²) in [6, 6.07) is -0.384. The van der Waals surface area contributed by atoms with Crippen LogP contribution in [0.4, 0.5) is 22.0 Å². The van der Waals surface area contributed by atoms with E-state index in [1.807, 2.05) is 0 Å². The summed E-state index contributed by atoms with van der Waals surface area (Å²) in [5, 5.41) is 2.91. The molecule has 1 heterocycles. The van der Waals surface area contributed by atoms with Gasteiger partial charge in [0.2, 0.25) is 0 Å². The van der Waals surface area contributed by atoms with Crippen LogP contribution in [-0.2, 0) is 0 Å². The summed E-state index contributed by atoms with van der Waals surface area (Å²) in [6.07, 6.45) is -4.75. The number of halogens is 8. The smallest absolute Gasteiger partial charge is 0.314 e. The Labute approximate surface area is 145 Å². The van der Waals surface area contributed by atoms with Crippen molar-refractivity contribution in [2.75, 3.05) is 26.2 Å². The van der Waals surface area contributed by atoms with Crippen LogP contribution in [-0.4, -0.2) is 37.3 Å². The maximum Gasteiger partial charge on any atom is 0.408 e. The van der Waals surface area contributed by atoms with Gasteiger partial charge in [0.15, 0.2) is 0 Å². The van der Waals surface area contributed by atoms with E-state index in [0.717, 1.165) is 17.0 Å². The van der Waals surface area contributed by atoms with Crippen molar-refractivity contribution in [1.29, 1.82) is 0 Å². The molecule has 0 bridgehead atoms. The normalized spacial score (nSPS) is 17.4. The molecule has 1 atom stereocenters. The molecule has 2 rings (SSSR count). The summed E-state index contributed by atoms with van der Waals surface area (Å²) in [6.45, 7) is 0.860. The molecule has 128 valence electrons. The minimum atomic E-state index is -4.75. The van der Waals surface area contributed by atoms with Crippen molar-refractivity contribution < 1.29 is 22.0 Å². The van der Waals surface area contributed by atoms with Crippen LogP contribution in [0.5, 0.6) is 0 Å². The Morgan fingerprint density at radius 1 is 1.09 bits per heavy atom. The predicted octanol–water partition coefficient (Wildman–Crippen LogP) is 4.08. The Bertz CT molecular complexity index is 495. The van der Waals surface area contributed by atoms with Crippen LogP contribution in [0.3, 0.4) is 0 Å². The lowest BCUT2D eigenvalue weighted by molar-refractivity contribution is -0.189. The molecule has 10 heteroatoms. The number of nitrogens with zero attached hydrogens (tertiary/aromatic N) is 1. The molecule has 1 aliphatic heterocycles. The van der Waals surface area contributed by atoms with Gasteiger partial charge in [-0.2, -0.15) is 13.2 Å². The first kappa shape index (κ1) is 21.9. The van der Waals surface area contributed by atoms with Gasteiger partial charge in [-0.1, -0.05) is 0 Å². The van der Waals surface area contributed by atoms with E-state index in [9.17, 15) is 22.0 Å². The number of hydrogen-bond donors (Lipinski definition) is 1. The quantitative estimate of drug-likeness (QED) is 0.560. The standard InChI is InChI=1S/C12H12BrF5N2.2ClH/c13-7-1-2-8(14)9(10(7)15)11(12(16,17)18)20-5-3-19-4-6-20;;/h1-2,11,19H,3-6H2;2*1H/t11-;;/m1../s1. The zero-order chi connectivity index (χ0) is 14.9. The van der Waals surface area contributed by atoms with Gasteiger partial charge >= 0.3 is 6.18 Å². The minimum absolute atomic E-state index is 0. The molecule has 1 N–H and O–H groups in total. The molecule has 0 aromatic heterocycles. The molecule has 1 aromatic carbocycles. The van der Waals surface area contributed by atoms with E-state index >= 15 is 0 Å². The average Bonchev–Trinajstić information content (AvgIpc) is 2.39. The molecule has 1 aliphatic rings. The van der Waals surface area contributed by atoms with Crippen LogP contribution in [0.15, 0.2) is 16.6 Å². The fourth-order valence-corrected chi connectivity index (χ4v) is 2.63. The number of rotatable bonds is 2. The molecule has 1 fully saturated rings. The van der Waals surface area contributed by atoms with Crippen molar-refractivity contribution in [1.82, 2.24) is 10.2 Å². The number of nitrogens with one attached hydrogen (secondary N) is 1. The number of hydrogen-bond acceptors (Lipinski definition) is 2. The molecule has 0 amide bonds. The summed E-state index contributed by atoms with van der Waals surface area (Å²) >= 11 is 2.80. The molecule has 1 saturated heterocycles. The first-order chi connectivity index (χ1) is 9.32. The lowest BCUT2D eigenvalue weighted by Crippen LogP contribution is -2.49. The van der Waals surface area contributed by atoms with E-state index in [1.165, 1.54) is 0 Å². The van der Waals surface area contributed by atoms with Gasteiger partial charge in [0.05, 0.1) is 10.0 Å². The van der Waals surface area contributed by atoms with Crippen LogP contribution in [0.2, 0.25) is 0 Å². The van der Waals surface area contributed by atoms with Gasteiger partial charge in [0.25, 0.3) is 0 Å².